The van der Waals surface area contributed by atoms with Crippen LogP contribution in [-0.4, -0.2) is 21.7 Å². The summed E-state index contributed by atoms with van der Waals surface area (Å²) in [7, 11) is 0. The lowest BCUT2D eigenvalue weighted by atomic mass is 10.1. The Balaban J connectivity index is 1.55. The van der Waals surface area contributed by atoms with Crippen LogP contribution in [0.15, 0.2) is 71.6 Å². The van der Waals surface area contributed by atoms with Gasteiger partial charge in [-0.1, -0.05) is 89.6 Å². The molecule has 0 N–H and O–H groups in total. The van der Waals surface area contributed by atoms with E-state index in [4.69, 9.17) is 44.9 Å². The summed E-state index contributed by atoms with van der Waals surface area (Å²) in [6.45, 7) is 3.08. The zero-order valence-electron chi connectivity index (χ0n) is 18.3. The lowest BCUT2D eigenvalue weighted by Gasteiger charge is -2.15. The third-order valence-electron chi connectivity index (χ3n) is 4.98. The number of carbonyl (C=O) groups excluding carboxylic acids is 1. The van der Waals surface area contributed by atoms with Crippen LogP contribution in [0.2, 0.25) is 10.0 Å². The summed E-state index contributed by atoms with van der Waals surface area (Å²) in [4.78, 5) is 15.2. The molecule has 8 heteroatoms. The van der Waals surface area contributed by atoms with Gasteiger partial charge in [-0.05, 0) is 54.0 Å². The normalized spacial score (nSPS) is 14.7. The topological polar surface area (TPSA) is 38.8 Å². The van der Waals surface area contributed by atoms with Crippen molar-refractivity contribution in [2.75, 3.05) is 6.61 Å². The van der Waals surface area contributed by atoms with E-state index >= 15 is 0 Å². The lowest BCUT2D eigenvalue weighted by Crippen LogP contribution is -2.27. The van der Waals surface area contributed by atoms with E-state index in [0.29, 0.717) is 50.5 Å². The van der Waals surface area contributed by atoms with Crippen molar-refractivity contribution >= 4 is 63.5 Å². The average Bonchev–Trinajstić information content (AvgIpc) is 3.08. The molecular formula is C26H21Cl2NO3S2. The number of ether oxygens (including phenoxy) is 2. The third-order valence-corrected chi connectivity index (χ3v) is 6.89. The van der Waals surface area contributed by atoms with Crippen LogP contribution in [0.1, 0.15) is 23.6 Å². The number of thioether (sulfide) groups is 1. The first kappa shape index (κ1) is 24.6. The SMILES string of the molecule is CCOc1cc(/C=C2\SC(=S)N(Cc3ccccc3)C2=O)cc(Cl)c1OCc1ccc(Cl)cc1. The fourth-order valence-electron chi connectivity index (χ4n) is 3.36. The first-order chi connectivity index (χ1) is 16.4. The molecule has 0 spiro atoms. The van der Waals surface area contributed by atoms with Crippen molar-refractivity contribution in [2.45, 2.75) is 20.1 Å². The number of hydrogen-bond acceptors (Lipinski definition) is 5. The molecule has 1 amide bonds. The van der Waals surface area contributed by atoms with Crippen molar-refractivity contribution in [3.8, 4) is 11.5 Å². The molecule has 4 nitrogen and oxygen atoms in total. The number of rotatable bonds is 8. The molecule has 1 aliphatic rings. The first-order valence-corrected chi connectivity index (χ1v) is 12.6. The van der Waals surface area contributed by atoms with E-state index < -0.39 is 0 Å². The summed E-state index contributed by atoms with van der Waals surface area (Å²) >= 11 is 19.3. The summed E-state index contributed by atoms with van der Waals surface area (Å²) in [5, 5.41) is 1.06. The van der Waals surface area contributed by atoms with Crippen LogP contribution >= 0.6 is 47.2 Å². The second-order valence-corrected chi connectivity index (χ2v) is 9.95. The molecule has 0 bridgehead atoms. The Morgan fingerprint density at radius 3 is 2.44 bits per heavy atom. The molecule has 3 aromatic rings. The number of hydrogen-bond donors (Lipinski definition) is 0. The fourth-order valence-corrected chi connectivity index (χ4v) is 5.02. The summed E-state index contributed by atoms with van der Waals surface area (Å²) in [6.07, 6.45) is 1.78. The number of nitrogens with zero attached hydrogens (tertiary/aromatic N) is 1. The standard InChI is InChI=1S/C26H21Cl2NO3S2/c1-2-31-22-13-19(12-21(28)24(22)32-16-18-8-10-20(27)11-9-18)14-23-25(30)29(26(33)34-23)15-17-6-4-3-5-7-17/h3-14H,2,15-16H2,1H3/b23-14-. The molecule has 0 aliphatic carbocycles. The minimum atomic E-state index is -0.129. The summed E-state index contributed by atoms with van der Waals surface area (Å²) in [5.74, 6) is 0.832. The molecular weight excluding hydrogens is 509 g/mol. The van der Waals surface area contributed by atoms with Gasteiger partial charge in [0.05, 0.1) is 23.1 Å². The average molecular weight is 530 g/mol. The van der Waals surface area contributed by atoms with Gasteiger partial charge in [0.25, 0.3) is 5.91 Å². The number of benzene rings is 3. The minimum Gasteiger partial charge on any atom is -0.490 e. The third kappa shape index (κ3) is 5.94. The highest BCUT2D eigenvalue weighted by Gasteiger charge is 2.32. The highest BCUT2D eigenvalue weighted by molar-refractivity contribution is 8.26. The van der Waals surface area contributed by atoms with Crippen molar-refractivity contribution in [1.82, 2.24) is 4.90 Å². The maximum absolute atomic E-state index is 13.0. The molecule has 0 saturated carbocycles. The van der Waals surface area contributed by atoms with Gasteiger partial charge in [0.15, 0.2) is 11.5 Å². The molecule has 0 radical (unpaired) electrons. The highest BCUT2D eigenvalue weighted by atomic mass is 35.5. The Morgan fingerprint density at radius 2 is 1.74 bits per heavy atom. The van der Waals surface area contributed by atoms with Crippen LogP contribution in [0.3, 0.4) is 0 Å². The zero-order valence-corrected chi connectivity index (χ0v) is 21.4. The fraction of sp³-hybridized carbons (Fsp3) is 0.154. The maximum Gasteiger partial charge on any atom is 0.266 e. The van der Waals surface area contributed by atoms with Crippen molar-refractivity contribution in [3.63, 3.8) is 0 Å². The number of halogens is 2. The summed E-state index contributed by atoms with van der Waals surface area (Å²) < 4.78 is 12.3. The summed E-state index contributed by atoms with van der Waals surface area (Å²) in [5.41, 5.74) is 2.70. The number of amides is 1. The molecule has 0 atom stereocenters. The first-order valence-electron chi connectivity index (χ1n) is 10.6. The van der Waals surface area contributed by atoms with E-state index in [2.05, 4.69) is 0 Å². The Labute approximate surface area is 218 Å². The van der Waals surface area contributed by atoms with E-state index in [0.717, 1.165) is 16.7 Å². The monoisotopic (exact) mass is 529 g/mol. The van der Waals surface area contributed by atoms with Crippen LogP contribution in [0.5, 0.6) is 11.5 Å². The van der Waals surface area contributed by atoms with Gasteiger partial charge in [0, 0.05) is 5.02 Å². The Hall–Kier alpha value is -2.51. The van der Waals surface area contributed by atoms with Crippen LogP contribution in [0.25, 0.3) is 6.08 Å². The van der Waals surface area contributed by atoms with Gasteiger partial charge in [0.2, 0.25) is 0 Å². The van der Waals surface area contributed by atoms with Crippen molar-refractivity contribution in [2.24, 2.45) is 0 Å². The van der Waals surface area contributed by atoms with E-state index in [1.807, 2.05) is 67.6 Å². The molecule has 1 fully saturated rings. The summed E-state index contributed by atoms with van der Waals surface area (Å²) in [6, 6.07) is 20.7. The van der Waals surface area contributed by atoms with Gasteiger partial charge in [0.1, 0.15) is 10.9 Å². The second kappa shape index (κ2) is 11.3. The quantitative estimate of drug-likeness (QED) is 0.225. The van der Waals surface area contributed by atoms with Gasteiger partial charge in [-0.2, -0.15) is 0 Å². The predicted molar refractivity (Wildman–Crippen MR) is 144 cm³/mol. The van der Waals surface area contributed by atoms with Gasteiger partial charge < -0.3 is 9.47 Å². The Bertz CT molecular complexity index is 1230. The lowest BCUT2D eigenvalue weighted by molar-refractivity contribution is -0.122. The molecule has 34 heavy (non-hydrogen) atoms. The van der Waals surface area contributed by atoms with Crippen molar-refractivity contribution < 1.29 is 14.3 Å². The van der Waals surface area contributed by atoms with Crippen molar-refractivity contribution in [3.05, 3.63) is 98.4 Å². The second-order valence-electron chi connectivity index (χ2n) is 7.43. The van der Waals surface area contributed by atoms with Gasteiger partial charge in [-0.25, -0.2) is 0 Å². The highest BCUT2D eigenvalue weighted by Crippen LogP contribution is 2.40. The van der Waals surface area contributed by atoms with Crippen LogP contribution in [0.4, 0.5) is 0 Å². The number of carbonyl (C=O) groups is 1. The molecule has 0 aromatic heterocycles. The van der Waals surface area contributed by atoms with Crippen LogP contribution in [-0.2, 0) is 17.9 Å². The molecule has 1 heterocycles. The molecule has 3 aromatic carbocycles. The predicted octanol–water partition coefficient (Wildman–Crippen LogP) is 7.37. The van der Waals surface area contributed by atoms with E-state index in [9.17, 15) is 4.79 Å². The van der Waals surface area contributed by atoms with Crippen LogP contribution in [0, 0.1) is 0 Å². The Morgan fingerprint density at radius 1 is 1.00 bits per heavy atom. The van der Waals surface area contributed by atoms with Gasteiger partial charge >= 0.3 is 0 Å². The molecule has 1 aliphatic heterocycles. The largest absolute Gasteiger partial charge is 0.490 e. The molecule has 4 rings (SSSR count). The molecule has 0 unspecified atom stereocenters. The minimum absolute atomic E-state index is 0.129. The number of thiocarbonyl (C=S) groups is 1. The molecule has 1 saturated heterocycles. The Kier molecular flexibility index (Phi) is 8.16. The van der Waals surface area contributed by atoms with Crippen LogP contribution < -0.4 is 9.47 Å². The van der Waals surface area contributed by atoms with E-state index in [1.54, 1.807) is 17.0 Å². The van der Waals surface area contributed by atoms with Gasteiger partial charge in [-0.3, -0.25) is 9.69 Å². The van der Waals surface area contributed by atoms with Gasteiger partial charge in [-0.15, -0.1) is 0 Å². The van der Waals surface area contributed by atoms with E-state index in [-0.39, 0.29) is 5.91 Å². The smallest absolute Gasteiger partial charge is 0.266 e. The van der Waals surface area contributed by atoms with Crippen molar-refractivity contribution in [1.29, 1.82) is 0 Å². The maximum atomic E-state index is 13.0. The molecule has 174 valence electrons. The van der Waals surface area contributed by atoms with E-state index in [1.165, 1.54) is 11.8 Å². The zero-order chi connectivity index (χ0) is 24.1.